The van der Waals surface area contributed by atoms with E-state index in [1.165, 1.54) is 50.5 Å². The van der Waals surface area contributed by atoms with Gasteiger partial charge in [-0.3, -0.25) is 9.59 Å². The van der Waals surface area contributed by atoms with Crippen LogP contribution in [0.3, 0.4) is 0 Å². The summed E-state index contributed by atoms with van der Waals surface area (Å²) < 4.78 is 0. The molecule has 5 nitrogen and oxygen atoms in total. The van der Waals surface area contributed by atoms with Crippen LogP contribution in [0.1, 0.15) is 78.1 Å². The Bertz CT molecular complexity index is 467. The Kier molecular flexibility index (Phi) is 23.7. The molecule has 3 N–H and O–H groups in total. The normalized spacial score (nSPS) is 12.4. The first kappa shape index (κ1) is 28.5. The van der Waals surface area contributed by atoms with Gasteiger partial charge in [-0.1, -0.05) is 76.7 Å². The highest BCUT2D eigenvalue weighted by atomic mass is 16.3. The first-order valence-corrected chi connectivity index (χ1v) is 10.5. The molecule has 0 aromatic carbocycles. The van der Waals surface area contributed by atoms with Crippen molar-refractivity contribution in [2.75, 3.05) is 20.2 Å². The molecule has 1 aliphatic rings. The maximum absolute atomic E-state index is 12.3. The number of rotatable bonds is 13. The molecule has 0 heterocycles. The second kappa shape index (κ2) is 23.3. The average Bonchev–Trinajstić information content (AvgIpc) is 2.96. The minimum Gasteiger partial charge on any atom is -0.483 e. The van der Waals surface area contributed by atoms with Crippen molar-refractivity contribution < 1.29 is 19.8 Å². The third-order valence-corrected chi connectivity index (χ3v) is 4.32. The van der Waals surface area contributed by atoms with Gasteiger partial charge in [-0.05, 0) is 37.0 Å². The lowest BCUT2D eigenvalue weighted by molar-refractivity contribution is -0.123. The SMILES string of the molecule is CCCCCCCCC(=O)C1=CC=C(CNCCCC)C=CC1.CO.O=CO. The molecule has 0 unspecified atom stereocenters. The summed E-state index contributed by atoms with van der Waals surface area (Å²) >= 11 is 0. The zero-order valence-electron chi connectivity index (χ0n) is 18.1. The fourth-order valence-electron chi connectivity index (χ4n) is 2.75. The summed E-state index contributed by atoms with van der Waals surface area (Å²) in [4.78, 5) is 20.7. The van der Waals surface area contributed by atoms with Gasteiger partial charge in [0.15, 0.2) is 5.78 Å². The molecular weight excluding hydrogens is 354 g/mol. The Morgan fingerprint density at radius 1 is 1.04 bits per heavy atom. The van der Waals surface area contributed by atoms with Gasteiger partial charge >= 0.3 is 0 Å². The molecule has 28 heavy (non-hydrogen) atoms. The molecule has 0 saturated carbocycles. The lowest BCUT2D eigenvalue weighted by Gasteiger charge is -2.03. The first-order chi connectivity index (χ1) is 13.7. The number of nitrogens with one attached hydrogen (secondary N) is 1. The molecule has 0 bridgehead atoms. The highest BCUT2D eigenvalue weighted by Gasteiger charge is 2.09. The van der Waals surface area contributed by atoms with Crippen molar-refractivity contribution in [2.45, 2.75) is 78.1 Å². The van der Waals surface area contributed by atoms with Crippen LogP contribution in [0.2, 0.25) is 0 Å². The highest BCUT2D eigenvalue weighted by molar-refractivity contribution is 5.96. The van der Waals surface area contributed by atoms with Crippen LogP contribution in [0.4, 0.5) is 0 Å². The summed E-state index contributed by atoms with van der Waals surface area (Å²) in [5.74, 6) is 0.335. The number of allylic oxidation sites excluding steroid dienone is 4. The standard InChI is InChI=1S/C21H35NO.CH2O2.CH4O/c1-3-5-7-8-9-10-14-21(23)20-13-11-12-19(15-16-20)18-22-17-6-4-2;2-1-3;1-2/h11-12,15-16,22H,3-10,13-14,17-18H2,1-2H3;1H,(H,2,3);2H,1H3. The van der Waals surface area contributed by atoms with E-state index in [0.29, 0.717) is 12.2 Å². The number of carboxylic acid groups (broad SMARTS) is 1. The molecule has 0 radical (unpaired) electrons. The summed E-state index contributed by atoms with van der Waals surface area (Å²) in [6, 6.07) is 0. The first-order valence-electron chi connectivity index (χ1n) is 10.5. The van der Waals surface area contributed by atoms with Gasteiger partial charge in [0.05, 0.1) is 0 Å². The van der Waals surface area contributed by atoms with Gasteiger partial charge in [0, 0.05) is 20.1 Å². The maximum atomic E-state index is 12.3. The van der Waals surface area contributed by atoms with E-state index in [0.717, 1.165) is 38.6 Å². The Balaban J connectivity index is 0. The minimum atomic E-state index is -0.250. The molecule has 1 aliphatic carbocycles. The zero-order chi connectivity index (χ0) is 21.5. The monoisotopic (exact) mass is 395 g/mol. The van der Waals surface area contributed by atoms with Crippen LogP contribution in [-0.2, 0) is 9.59 Å². The lowest BCUT2D eigenvalue weighted by Crippen LogP contribution is -2.17. The van der Waals surface area contributed by atoms with E-state index in [-0.39, 0.29) is 6.47 Å². The van der Waals surface area contributed by atoms with Crippen molar-refractivity contribution in [2.24, 2.45) is 0 Å². The van der Waals surface area contributed by atoms with E-state index < -0.39 is 0 Å². The third-order valence-electron chi connectivity index (χ3n) is 4.32. The van der Waals surface area contributed by atoms with Crippen molar-refractivity contribution in [1.29, 1.82) is 0 Å². The van der Waals surface area contributed by atoms with Gasteiger partial charge in [0.1, 0.15) is 0 Å². The number of Topliss-reactive ketones (excluding diaryl/α,β-unsaturated/α-hetero) is 1. The van der Waals surface area contributed by atoms with Gasteiger partial charge < -0.3 is 15.5 Å². The summed E-state index contributed by atoms with van der Waals surface area (Å²) in [6.45, 7) is 6.15. The van der Waals surface area contributed by atoms with E-state index in [9.17, 15) is 4.79 Å². The number of ketones is 1. The van der Waals surface area contributed by atoms with Crippen molar-refractivity contribution in [1.82, 2.24) is 5.32 Å². The van der Waals surface area contributed by atoms with Crippen LogP contribution in [0, 0.1) is 0 Å². The lowest BCUT2D eigenvalue weighted by atomic mass is 10.0. The highest BCUT2D eigenvalue weighted by Crippen LogP contribution is 2.16. The zero-order valence-corrected chi connectivity index (χ0v) is 18.1. The molecular formula is C23H41NO4. The van der Waals surface area contributed by atoms with Crippen LogP contribution in [0.25, 0.3) is 0 Å². The predicted molar refractivity (Wildman–Crippen MR) is 118 cm³/mol. The number of unbranched alkanes of at least 4 members (excludes halogenated alkanes) is 6. The smallest absolute Gasteiger partial charge is 0.290 e. The Morgan fingerprint density at radius 2 is 1.64 bits per heavy atom. The van der Waals surface area contributed by atoms with Crippen LogP contribution < -0.4 is 5.32 Å². The second-order valence-electron chi connectivity index (χ2n) is 6.62. The van der Waals surface area contributed by atoms with Gasteiger partial charge in [0.25, 0.3) is 6.47 Å². The largest absolute Gasteiger partial charge is 0.483 e. The third kappa shape index (κ3) is 17.7. The quantitative estimate of drug-likeness (QED) is 0.307. The van der Waals surface area contributed by atoms with E-state index in [4.69, 9.17) is 15.0 Å². The van der Waals surface area contributed by atoms with E-state index >= 15 is 0 Å². The fourth-order valence-corrected chi connectivity index (χ4v) is 2.75. The Morgan fingerprint density at radius 3 is 2.29 bits per heavy atom. The average molecular weight is 396 g/mol. The summed E-state index contributed by atoms with van der Waals surface area (Å²) in [6.07, 6.45) is 19.8. The van der Waals surface area contributed by atoms with E-state index in [1.54, 1.807) is 0 Å². The molecule has 0 saturated heterocycles. The van der Waals surface area contributed by atoms with Gasteiger partial charge in [-0.15, -0.1) is 0 Å². The molecule has 0 aromatic heterocycles. The molecule has 0 atom stereocenters. The van der Waals surface area contributed by atoms with Crippen LogP contribution in [-0.4, -0.2) is 42.7 Å². The van der Waals surface area contributed by atoms with E-state index in [1.807, 2.05) is 6.08 Å². The molecule has 0 amide bonds. The van der Waals surface area contributed by atoms with Crippen molar-refractivity contribution in [3.8, 4) is 0 Å². The number of hydrogen-bond donors (Lipinski definition) is 3. The van der Waals surface area contributed by atoms with Gasteiger partial charge in [0.2, 0.25) is 0 Å². The van der Waals surface area contributed by atoms with Crippen molar-refractivity contribution >= 4 is 12.3 Å². The molecule has 0 aromatic rings. The maximum Gasteiger partial charge on any atom is 0.290 e. The fraction of sp³-hybridized carbons (Fsp3) is 0.652. The van der Waals surface area contributed by atoms with Crippen molar-refractivity contribution in [3.63, 3.8) is 0 Å². The molecule has 0 aliphatic heterocycles. The second-order valence-corrected chi connectivity index (χ2v) is 6.62. The molecule has 0 spiro atoms. The number of hydrogen-bond acceptors (Lipinski definition) is 4. The van der Waals surface area contributed by atoms with Gasteiger partial charge in [-0.25, -0.2) is 0 Å². The molecule has 1 rings (SSSR count). The molecule has 0 fully saturated rings. The number of carbonyl (C=O) groups excluding carboxylic acids is 1. The van der Waals surface area contributed by atoms with Crippen LogP contribution in [0.15, 0.2) is 35.5 Å². The van der Waals surface area contributed by atoms with Crippen LogP contribution >= 0.6 is 0 Å². The van der Waals surface area contributed by atoms with E-state index in [2.05, 4.69) is 37.4 Å². The number of aliphatic hydroxyl groups is 1. The Hall–Kier alpha value is -1.72. The Labute approximate surface area is 171 Å². The minimum absolute atomic E-state index is 0.250. The van der Waals surface area contributed by atoms with Crippen molar-refractivity contribution in [3.05, 3.63) is 35.5 Å². The summed E-state index contributed by atoms with van der Waals surface area (Å²) in [5, 5.41) is 17.3. The van der Waals surface area contributed by atoms with Gasteiger partial charge in [-0.2, -0.15) is 0 Å². The predicted octanol–water partition coefficient (Wildman–Crippen LogP) is 4.82. The summed E-state index contributed by atoms with van der Waals surface area (Å²) in [7, 11) is 1.00. The molecule has 162 valence electrons. The van der Waals surface area contributed by atoms with Crippen LogP contribution in [0.5, 0.6) is 0 Å². The summed E-state index contributed by atoms with van der Waals surface area (Å²) in [5.41, 5.74) is 2.24. The number of carbonyl (C=O) groups is 2. The molecule has 5 heteroatoms. The topological polar surface area (TPSA) is 86.6 Å². The number of aliphatic hydroxyl groups excluding tert-OH is 1.